The van der Waals surface area contributed by atoms with Gasteiger partial charge in [0.25, 0.3) is 0 Å². The molecule has 0 heterocycles. The minimum Gasteiger partial charge on any atom is -0.480 e. The summed E-state index contributed by atoms with van der Waals surface area (Å²) < 4.78 is 0. The molecule has 0 spiro atoms. The second-order valence-electron chi connectivity index (χ2n) is 7.06. The summed E-state index contributed by atoms with van der Waals surface area (Å²) in [5.74, 6) is -1.32. The summed E-state index contributed by atoms with van der Waals surface area (Å²) in [6.07, 6.45) is 2.70. The number of carboxylic acid groups (broad SMARTS) is 1. The summed E-state index contributed by atoms with van der Waals surface area (Å²) in [5.41, 5.74) is 0.690. The topological polar surface area (TPSA) is 83.5 Å². The lowest BCUT2D eigenvalue weighted by Gasteiger charge is -2.18. The molecule has 1 rings (SSSR count). The first-order valence-electron chi connectivity index (χ1n) is 8.61. The van der Waals surface area contributed by atoms with Crippen molar-refractivity contribution >= 4 is 34.8 Å². The van der Waals surface area contributed by atoms with Gasteiger partial charge in [-0.1, -0.05) is 76.2 Å². The Bertz CT molecular complexity index is 662. The Morgan fingerprint density at radius 3 is 2.31 bits per heavy atom. The van der Waals surface area contributed by atoms with Gasteiger partial charge in [0.1, 0.15) is 6.04 Å². The van der Waals surface area contributed by atoms with Gasteiger partial charge in [0.05, 0.1) is 0 Å². The van der Waals surface area contributed by atoms with E-state index in [4.69, 9.17) is 0 Å². The van der Waals surface area contributed by atoms with E-state index in [1.165, 1.54) is 0 Å². The lowest BCUT2D eigenvalue weighted by atomic mass is 10.00. The molecule has 0 saturated heterocycles. The average Bonchev–Trinajstić information content (AvgIpc) is 2.57. The predicted octanol–water partition coefficient (Wildman–Crippen LogP) is 3.75. The van der Waals surface area contributed by atoms with Crippen molar-refractivity contribution in [2.45, 2.75) is 46.6 Å². The van der Waals surface area contributed by atoms with Crippen LogP contribution in [-0.2, 0) is 14.4 Å². The average molecular weight is 378 g/mol. The van der Waals surface area contributed by atoms with Gasteiger partial charge in [-0.05, 0) is 18.1 Å². The van der Waals surface area contributed by atoms with E-state index in [2.05, 4.69) is 5.32 Å². The molecule has 6 heteroatoms. The monoisotopic (exact) mass is 377 g/mol. The Balaban J connectivity index is 3.00. The number of thioether (sulfide) groups is 1. The first-order valence-corrected chi connectivity index (χ1v) is 9.60. The molecule has 142 valence electrons. The minimum atomic E-state index is -1.06. The van der Waals surface area contributed by atoms with Gasteiger partial charge < -0.3 is 10.4 Å². The number of carbonyl (C=O) groups is 3. The quantitative estimate of drug-likeness (QED) is 0.674. The van der Waals surface area contributed by atoms with Crippen LogP contribution in [0.25, 0.3) is 6.08 Å². The second kappa shape index (κ2) is 10.2. The molecule has 1 atom stereocenters. The largest absolute Gasteiger partial charge is 0.480 e. The Kier molecular flexibility index (Phi) is 8.58. The zero-order valence-electron chi connectivity index (χ0n) is 15.7. The van der Waals surface area contributed by atoms with Crippen molar-refractivity contribution in [1.29, 1.82) is 0 Å². The molecule has 0 aliphatic heterocycles. The molecule has 0 radical (unpaired) electrons. The molecule has 0 unspecified atom stereocenters. The SMILES string of the molecule is CCC[C@H](NC(=O)/C(=C\c1ccccc1)CSC(=O)C(C)(C)C)C(=O)O. The number of amides is 1. The molecule has 2 N–H and O–H groups in total. The third kappa shape index (κ3) is 7.44. The summed E-state index contributed by atoms with van der Waals surface area (Å²) in [7, 11) is 0. The van der Waals surface area contributed by atoms with E-state index < -0.39 is 23.3 Å². The molecule has 26 heavy (non-hydrogen) atoms. The van der Waals surface area contributed by atoms with Crippen LogP contribution in [0.15, 0.2) is 35.9 Å². The standard InChI is InChI=1S/C20H27NO4S/c1-5-9-16(18(23)24)21-17(22)15(12-14-10-7-6-8-11-14)13-26-19(25)20(2,3)4/h6-8,10-12,16H,5,9,13H2,1-4H3,(H,21,22)(H,23,24)/b15-12-/t16-/m0/s1. The van der Waals surface area contributed by atoms with E-state index in [0.717, 1.165) is 17.3 Å². The van der Waals surface area contributed by atoms with E-state index in [1.807, 2.05) is 58.0 Å². The number of aliphatic carboxylic acids is 1. The van der Waals surface area contributed by atoms with Crippen molar-refractivity contribution in [3.8, 4) is 0 Å². The first kappa shape index (κ1) is 22.0. The Labute approximate surface area is 159 Å². The maximum absolute atomic E-state index is 12.6. The summed E-state index contributed by atoms with van der Waals surface area (Å²) in [4.78, 5) is 36.1. The van der Waals surface area contributed by atoms with Gasteiger partial charge in [-0.15, -0.1) is 0 Å². The molecule has 0 aromatic heterocycles. The van der Waals surface area contributed by atoms with Crippen LogP contribution in [0.1, 0.15) is 46.1 Å². The van der Waals surface area contributed by atoms with Crippen molar-refractivity contribution in [2.24, 2.45) is 5.41 Å². The number of carboxylic acids is 1. The van der Waals surface area contributed by atoms with Crippen LogP contribution in [0, 0.1) is 5.41 Å². The molecule has 0 aliphatic rings. The number of benzene rings is 1. The molecule has 1 aromatic rings. The number of rotatable bonds is 8. The molecule has 5 nitrogen and oxygen atoms in total. The predicted molar refractivity (Wildman–Crippen MR) is 106 cm³/mol. The van der Waals surface area contributed by atoms with Crippen LogP contribution in [0.3, 0.4) is 0 Å². The zero-order valence-corrected chi connectivity index (χ0v) is 16.6. The maximum atomic E-state index is 12.6. The fourth-order valence-corrected chi connectivity index (χ4v) is 3.01. The lowest BCUT2D eigenvalue weighted by molar-refractivity contribution is -0.141. The number of hydrogen-bond donors (Lipinski definition) is 2. The van der Waals surface area contributed by atoms with Crippen molar-refractivity contribution in [3.05, 3.63) is 41.5 Å². The van der Waals surface area contributed by atoms with Crippen molar-refractivity contribution in [1.82, 2.24) is 5.32 Å². The molecule has 0 bridgehead atoms. The highest BCUT2D eigenvalue weighted by Crippen LogP contribution is 2.25. The first-order chi connectivity index (χ1) is 12.1. The van der Waals surface area contributed by atoms with Gasteiger partial charge in [-0.3, -0.25) is 9.59 Å². The molecule has 1 amide bonds. The molecular formula is C20H27NO4S. The van der Waals surface area contributed by atoms with Crippen LogP contribution in [0.5, 0.6) is 0 Å². The van der Waals surface area contributed by atoms with E-state index in [0.29, 0.717) is 18.4 Å². The minimum absolute atomic E-state index is 0.0207. The summed E-state index contributed by atoms with van der Waals surface area (Å²) >= 11 is 1.07. The normalized spacial score (nSPS) is 13.2. The lowest BCUT2D eigenvalue weighted by Crippen LogP contribution is -2.41. The fourth-order valence-electron chi connectivity index (χ4n) is 2.08. The summed E-state index contributed by atoms with van der Waals surface area (Å²) in [5, 5.41) is 11.8. The Morgan fingerprint density at radius 1 is 1.19 bits per heavy atom. The van der Waals surface area contributed by atoms with Gasteiger partial charge in [0.15, 0.2) is 5.12 Å². The Hall–Kier alpha value is -2.08. The van der Waals surface area contributed by atoms with Crippen LogP contribution in [0.4, 0.5) is 0 Å². The number of nitrogens with one attached hydrogen (secondary N) is 1. The Morgan fingerprint density at radius 2 is 1.81 bits per heavy atom. The van der Waals surface area contributed by atoms with Gasteiger partial charge in [0.2, 0.25) is 5.91 Å². The summed E-state index contributed by atoms with van der Waals surface area (Å²) in [6, 6.07) is 8.35. The number of hydrogen-bond acceptors (Lipinski definition) is 4. The third-order valence-electron chi connectivity index (χ3n) is 3.58. The smallest absolute Gasteiger partial charge is 0.326 e. The van der Waals surface area contributed by atoms with E-state index in [1.54, 1.807) is 6.08 Å². The molecule has 1 aromatic carbocycles. The second-order valence-corrected chi connectivity index (χ2v) is 8.01. The van der Waals surface area contributed by atoms with E-state index in [-0.39, 0.29) is 10.9 Å². The molecule has 0 saturated carbocycles. The van der Waals surface area contributed by atoms with Gasteiger partial charge in [-0.25, -0.2) is 4.79 Å². The van der Waals surface area contributed by atoms with Crippen LogP contribution >= 0.6 is 11.8 Å². The maximum Gasteiger partial charge on any atom is 0.326 e. The molecule has 0 fully saturated rings. The summed E-state index contributed by atoms with van der Waals surface area (Å²) in [6.45, 7) is 7.33. The van der Waals surface area contributed by atoms with Gasteiger partial charge >= 0.3 is 5.97 Å². The van der Waals surface area contributed by atoms with Gasteiger partial charge in [-0.2, -0.15) is 0 Å². The highest BCUT2D eigenvalue weighted by Gasteiger charge is 2.25. The van der Waals surface area contributed by atoms with Crippen LogP contribution < -0.4 is 5.32 Å². The van der Waals surface area contributed by atoms with Crippen LogP contribution in [-0.4, -0.2) is 33.9 Å². The molecular weight excluding hydrogens is 350 g/mol. The zero-order chi connectivity index (χ0) is 19.7. The van der Waals surface area contributed by atoms with Crippen molar-refractivity contribution < 1.29 is 19.5 Å². The fraction of sp³-hybridized carbons (Fsp3) is 0.450. The van der Waals surface area contributed by atoms with E-state index >= 15 is 0 Å². The van der Waals surface area contributed by atoms with Crippen LogP contribution in [0.2, 0.25) is 0 Å². The highest BCUT2D eigenvalue weighted by atomic mass is 32.2. The number of carbonyl (C=O) groups excluding carboxylic acids is 2. The van der Waals surface area contributed by atoms with E-state index in [9.17, 15) is 19.5 Å². The van der Waals surface area contributed by atoms with Crippen molar-refractivity contribution in [3.63, 3.8) is 0 Å². The highest BCUT2D eigenvalue weighted by molar-refractivity contribution is 8.13. The van der Waals surface area contributed by atoms with Gasteiger partial charge in [0, 0.05) is 16.7 Å². The third-order valence-corrected chi connectivity index (χ3v) is 4.91. The van der Waals surface area contributed by atoms with Crippen molar-refractivity contribution in [2.75, 3.05) is 5.75 Å². The molecule has 0 aliphatic carbocycles.